The molecule has 4 heterocycles. The van der Waals surface area contributed by atoms with Crippen LogP contribution in [0.25, 0.3) is 22.2 Å². The summed E-state index contributed by atoms with van der Waals surface area (Å²) in [4.78, 5) is 24.2. The molecule has 4 aromatic rings. The average Bonchev–Trinajstić information content (AvgIpc) is 3.17. The summed E-state index contributed by atoms with van der Waals surface area (Å²) in [5.74, 6) is 0.636. The van der Waals surface area contributed by atoms with Crippen LogP contribution in [0.5, 0.6) is 0 Å². The first-order valence-corrected chi connectivity index (χ1v) is 7.50. The van der Waals surface area contributed by atoms with Gasteiger partial charge in [-0.2, -0.15) is 0 Å². The molecule has 6 heteroatoms. The Morgan fingerprint density at radius 3 is 2.83 bits per heavy atom. The molecular weight excluding hydrogens is 304 g/mol. The van der Waals surface area contributed by atoms with Gasteiger partial charge in [0.25, 0.3) is 0 Å². The number of nitrogens with one attached hydrogen (secondary N) is 1. The number of rotatable bonds is 3. The van der Waals surface area contributed by atoms with E-state index in [0.29, 0.717) is 16.8 Å². The van der Waals surface area contributed by atoms with Crippen molar-refractivity contribution in [3.8, 4) is 11.1 Å². The standard InChI is InChI=1S/C18H14N4O2/c1-10-16(11(2)24-22-10)13-6-14-15(9-21-18(14)20-8-13)17(23)12-4-3-5-19-7-12/h3-9H,1-2H3,(H,20,21). The first-order valence-electron chi connectivity index (χ1n) is 7.50. The lowest BCUT2D eigenvalue weighted by Gasteiger charge is -2.02. The smallest absolute Gasteiger partial charge is 0.196 e. The Morgan fingerprint density at radius 2 is 2.12 bits per heavy atom. The fourth-order valence-electron chi connectivity index (χ4n) is 2.88. The van der Waals surface area contributed by atoms with Gasteiger partial charge in [-0.3, -0.25) is 9.78 Å². The summed E-state index contributed by atoms with van der Waals surface area (Å²) < 4.78 is 5.23. The van der Waals surface area contributed by atoms with Crippen molar-refractivity contribution in [3.05, 3.63) is 65.6 Å². The molecule has 0 bridgehead atoms. The van der Waals surface area contributed by atoms with Crippen molar-refractivity contribution >= 4 is 16.8 Å². The summed E-state index contributed by atoms with van der Waals surface area (Å²) in [6.07, 6.45) is 6.64. The van der Waals surface area contributed by atoms with Gasteiger partial charge in [0.1, 0.15) is 11.4 Å². The number of aryl methyl sites for hydroxylation is 2. The SMILES string of the molecule is Cc1noc(C)c1-c1cnc2[nH]cc(C(=O)c3cccnc3)c2c1. The Hall–Kier alpha value is -3.28. The number of H-pyrrole nitrogens is 1. The van der Waals surface area contributed by atoms with Crippen molar-refractivity contribution in [2.24, 2.45) is 0 Å². The number of carbonyl (C=O) groups excluding carboxylic acids is 1. The maximum atomic E-state index is 12.7. The number of aromatic amines is 1. The molecule has 4 aromatic heterocycles. The van der Waals surface area contributed by atoms with Gasteiger partial charge in [0.15, 0.2) is 5.78 Å². The largest absolute Gasteiger partial charge is 0.361 e. The van der Waals surface area contributed by atoms with Gasteiger partial charge in [-0.1, -0.05) is 5.16 Å². The second-order valence-corrected chi connectivity index (χ2v) is 5.59. The number of ketones is 1. The van der Waals surface area contributed by atoms with E-state index in [9.17, 15) is 4.79 Å². The summed E-state index contributed by atoms with van der Waals surface area (Å²) >= 11 is 0. The lowest BCUT2D eigenvalue weighted by Crippen LogP contribution is -2.00. The molecular formula is C18H14N4O2. The molecule has 0 aliphatic heterocycles. The van der Waals surface area contributed by atoms with Crippen LogP contribution in [0.15, 0.2) is 47.5 Å². The van der Waals surface area contributed by atoms with Gasteiger partial charge in [0.05, 0.1) is 5.69 Å². The van der Waals surface area contributed by atoms with Gasteiger partial charge in [-0.25, -0.2) is 4.98 Å². The van der Waals surface area contributed by atoms with Crippen LogP contribution in [0, 0.1) is 13.8 Å². The maximum absolute atomic E-state index is 12.7. The van der Waals surface area contributed by atoms with Crippen LogP contribution in [-0.4, -0.2) is 25.9 Å². The lowest BCUT2D eigenvalue weighted by molar-refractivity contribution is 0.104. The highest BCUT2D eigenvalue weighted by molar-refractivity contribution is 6.16. The Balaban J connectivity index is 1.87. The molecule has 0 aliphatic rings. The van der Waals surface area contributed by atoms with Crippen LogP contribution in [0.3, 0.4) is 0 Å². The minimum absolute atomic E-state index is 0.0907. The molecule has 6 nitrogen and oxygen atoms in total. The number of hydrogen-bond donors (Lipinski definition) is 1. The molecule has 1 N–H and O–H groups in total. The minimum Gasteiger partial charge on any atom is -0.361 e. The fraction of sp³-hybridized carbons (Fsp3) is 0.111. The second-order valence-electron chi connectivity index (χ2n) is 5.59. The number of carbonyl (C=O) groups is 1. The molecule has 0 atom stereocenters. The quantitative estimate of drug-likeness (QED) is 0.585. The van der Waals surface area contributed by atoms with E-state index >= 15 is 0 Å². The van der Waals surface area contributed by atoms with Crippen molar-refractivity contribution in [3.63, 3.8) is 0 Å². The Morgan fingerprint density at radius 1 is 1.25 bits per heavy atom. The Kier molecular flexibility index (Phi) is 3.23. The summed E-state index contributed by atoms with van der Waals surface area (Å²) in [6, 6.07) is 5.43. The predicted molar refractivity (Wildman–Crippen MR) is 88.7 cm³/mol. The van der Waals surface area contributed by atoms with Crippen LogP contribution >= 0.6 is 0 Å². The Bertz CT molecular complexity index is 1030. The summed E-state index contributed by atoms with van der Waals surface area (Å²) in [5.41, 5.74) is 4.35. The lowest BCUT2D eigenvalue weighted by atomic mass is 10.0. The predicted octanol–water partition coefficient (Wildman–Crippen LogP) is 3.46. The highest BCUT2D eigenvalue weighted by Crippen LogP contribution is 2.30. The zero-order valence-electron chi connectivity index (χ0n) is 13.2. The van der Waals surface area contributed by atoms with E-state index in [0.717, 1.165) is 28.0 Å². The van der Waals surface area contributed by atoms with E-state index in [1.165, 1.54) is 0 Å². The molecule has 118 valence electrons. The first-order chi connectivity index (χ1) is 11.6. The maximum Gasteiger partial charge on any atom is 0.196 e. The van der Waals surface area contributed by atoms with Gasteiger partial charge >= 0.3 is 0 Å². The van der Waals surface area contributed by atoms with Crippen molar-refractivity contribution in [1.29, 1.82) is 0 Å². The minimum atomic E-state index is -0.0907. The third-order valence-corrected chi connectivity index (χ3v) is 4.02. The van der Waals surface area contributed by atoms with E-state index in [1.54, 1.807) is 36.9 Å². The number of pyridine rings is 2. The van der Waals surface area contributed by atoms with Gasteiger partial charge in [-0.05, 0) is 32.0 Å². The van der Waals surface area contributed by atoms with Gasteiger partial charge in [0, 0.05) is 52.4 Å². The van der Waals surface area contributed by atoms with Gasteiger partial charge in [0.2, 0.25) is 0 Å². The molecule has 0 fully saturated rings. The number of aromatic nitrogens is 4. The highest BCUT2D eigenvalue weighted by Gasteiger charge is 2.18. The molecule has 0 saturated heterocycles. The van der Waals surface area contributed by atoms with E-state index < -0.39 is 0 Å². The van der Waals surface area contributed by atoms with E-state index in [-0.39, 0.29) is 5.78 Å². The van der Waals surface area contributed by atoms with E-state index in [1.807, 2.05) is 19.9 Å². The normalized spacial score (nSPS) is 11.1. The third kappa shape index (κ3) is 2.20. The second kappa shape index (κ2) is 5.42. The first kappa shape index (κ1) is 14.3. The zero-order valence-corrected chi connectivity index (χ0v) is 13.2. The molecule has 0 aromatic carbocycles. The van der Waals surface area contributed by atoms with Crippen LogP contribution in [0.1, 0.15) is 27.4 Å². The number of hydrogen-bond acceptors (Lipinski definition) is 5. The van der Waals surface area contributed by atoms with Crippen molar-refractivity contribution in [2.45, 2.75) is 13.8 Å². The molecule has 0 spiro atoms. The fourth-order valence-corrected chi connectivity index (χ4v) is 2.88. The van der Waals surface area contributed by atoms with Crippen molar-refractivity contribution < 1.29 is 9.32 Å². The zero-order chi connectivity index (χ0) is 16.7. The number of fused-ring (bicyclic) bond motifs is 1. The molecule has 24 heavy (non-hydrogen) atoms. The summed E-state index contributed by atoms with van der Waals surface area (Å²) in [5, 5.41) is 4.74. The molecule has 0 unspecified atom stereocenters. The van der Waals surface area contributed by atoms with Crippen LogP contribution < -0.4 is 0 Å². The van der Waals surface area contributed by atoms with Crippen LogP contribution in [-0.2, 0) is 0 Å². The highest BCUT2D eigenvalue weighted by atomic mass is 16.5. The third-order valence-electron chi connectivity index (χ3n) is 4.02. The molecule has 0 saturated carbocycles. The summed E-state index contributed by atoms with van der Waals surface area (Å²) in [6.45, 7) is 3.74. The number of nitrogens with zero attached hydrogens (tertiary/aromatic N) is 3. The average molecular weight is 318 g/mol. The van der Waals surface area contributed by atoms with Crippen molar-refractivity contribution in [2.75, 3.05) is 0 Å². The molecule has 0 aliphatic carbocycles. The topological polar surface area (TPSA) is 84.7 Å². The van der Waals surface area contributed by atoms with Crippen LogP contribution in [0.2, 0.25) is 0 Å². The molecule has 0 radical (unpaired) electrons. The van der Waals surface area contributed by atoms with Crippen molar-refractivity contribution in [1.82, 2.24) is 20.1 Å². The molecule has 4 rings (SSSR count). The van der Waals surface area contributed by atoms with Gasteiger partial charge < -0.3 is 9.51 Å². The monoisotopic (exact) mass is 318 g/mol. The Labute approximate surface area is 137 Å². The summed E-state index contributed by atoms with van der Waals surface area (Å²) in [7, 11) is 0. The van der Waals surface area contributed by atoms with E-state index in [4.69, 9.17) is 4.52 Å². The molecule has 0 amide bonds. The van der Waals surface area contributed by atoms with Gasteiger partial charge in [-0.15, -0.1) is 0 Å². The van der Waals surface area contributed by atoms with E-state index in [2.05, 4.69) is 20.1 Å². The van der Waals surface area contributed by atoms with Crippen LogP contribution in [0.4, 0.5) is 0 Å².